The number of thiazole rings is 1. The smallest absolute Gasteiger partial charge is 0.322 e. The highest BCUT2D eigenvalue weighted by Crippen LogP contribution is 2.44. The number of carbonyl (C=O) groups is 3. The molecule has 2 aromatic heterocycles. The normalized spacial score (nSPS) is 22.9. The zero-order chi connectivity index (χ0) is 27.8. The van der Waals surface area contributed by atoms with Crippen molar-refractivity contribution < 1.29 is 29.0 Å². The van der Waals surface area contributed by atoms with Gasteiger partial charge in [-0.05, 0) is 18.7 Å². The molecule has 2 aliphatic heterocycles. The van der Waals surface area contributed by atoms with Gasteiger partial charge in [0.2, 0.25) is 11.7 Å². The maximum Gasteiger partial charge on any atom is 0.322 e. The number of nitrogens with two attached hydrogens (primary N) is 5. The van der Waals surface area contributed by atoms with E-state index in [-0.39, 0.29) is 63.7 Å². The Morgan fingerprint density at radius 2 is 2.11 bits per heavy atom. The lowest BCUT2D eigenvalue weighted by Gasteiger charge is -2.55. The van der Waals surface area contributed by atoms with Crippen LogP contribution in [0.2, 0.25) is 0 Å². The van der Waals surface area contributed by atoms with Crippen molar-refractivity contribution in [3.05, 3.63) is 11.1 Å². The van der Waals surface area contributed by atoms with Crippen LogP contribution in [0.4, 0.5) is 22.5 Å². The molecule has 38 heavy (non-hydrogen) atoms. The minimum atomic E-state index is -1.43. The van der Waals surface area contributed by atoms with E-state index in [1.54, 1.807) is 12.3 Å². The van der Waals surface area contributed by atoms with Crippen molar-refractivity contribution in [2.45, 2.75) is 23.5 Å². The van der Waals surface area contributed by atoms with Gasteiger partial charge in [0.05, 0.1) is 5.97 Å². The Bertz CT molecular complexity index is 1320. The van der Waals surface area contributed by atoms with Crippen molar-refractivity contribution in [1.82, 2.24) is 20.2 Å². The number of nitrogen functional groups attached to an aromatic ring is 5. The first-order chi connectivity index (χ1) is 18.0. The SMILES string of the molecule is CCON=C(C(=O)NC1C(=O)N2CC(CSc3nc(N)c(N)c(N)[n+]3N)(C(=O)[O-])CS[C@H]12)c1csc(N)n1. The zero-order valence-corrected chi connectivity index (χ0v) is 22.4. The minimum absolute atomic E-state index is 0.00880. The van der Waals surface area contributed by atoms with Crippen molar-refractivity contribution in [2.75, 3.05) is 53.4 Å². The van der Waals surface area contributed by atoms with Gasteiger partial charge in [-0.1, -0.05) is 10.1 Å². The number of oxime groups is 1. The van der Waals surface area contributed by atoms with Crippen LogP contribution in [0, 0.1) is 5.41 Å². The molecule has 0 aromatic carbocycles. The first kappa shape index (κ1) is 27.3. The maximum atomic E-state index is 13.0. The summed E-state index contributed by atoms with van der Waals surface area (Å²) in [6, 6.07) is -0.896. The Morgan fingerprint density at radius 1 is 1.37 bits per heavy atom. The number of carbonyl (C=O) groups excluding carboxylic acids is 3. The molecule has 2 unspecified atom stereocenters. The number of nitrogens with one attached hydrogen (secondary N) is 1. The standard InChI is InChI=1S/C19H25N11O5S3/c1-2-35-28-9(7-3-36-17(23)25-7)13(31)26-10-14(32)29-4-19(16(33)34,5-37-15(10)29)6-38-18-27-11(21)8(20)12(22)30(18)24/h3,10,15H,2,4-6,24H2,1H3,(H9,20,21,22,23,25,26,28,31,33,34)/t10?,15-,19?/m1/s1. The minimum Gasteiger partial charge on any atom is -0.549 e. The lowest BCUT2D eigenvalue weighted by Crippen LogP contribution is -2.75. The number of hydrogen-bond acceptors (Lipinski definition) is 16. The molecule has 0 aliphatic carbocycles. The van der Waals surface area contributed by atoms with Gasteiger partial charge in [0, 0.05) is 28.8 Å². The lowest BCUT2D eigenvalue weighted by molar-refractivity contribution is -0.667. The summed E-state index contributed by atoms with van der Waals surface area (Å²) in [7, 11) is 0. The van der Waals surface area contributed by atoms with Gasteiger partial charge in [-0.15, -0.1) is 27.8 Å². The second-order valence-corrected chi connectivity index (χ2v) is 11.3. The average molecular weight is 584 g/mol. The monoisotopic (exact) mass is 583 g/mol. The molecule has 2 fully saturated rings. The largest absolute Gasteiger partial charge is 0.549 e. The van der Waals surface area contributed by atoms with Crippen LogP contribution in [-0.4, -0.2) is 74.4 Å². The predicted molar refractivity (Wildman–Crippen MR) is 141 cm³/mol. The highest BCUT2D eigenvalue weighted by molar-refractivity contribution is 8.00. The summed E-state index contributed by atoms with van der Waals surface area (Å²) >= 11 is 3.32. The molecule has 19 heteroatoms. The van der Waals surface area contributed by atoms with Crippen molar-refractivity contribution in [2.24, 2.45) is 10.6 Å². The maximum absolute atomic E-state index is 13.0. The molecule has 2 aliphatic rings. The van der Waals surface area contributed by atoms with Gasteiger partial charge in [0.1, 0.15) is 23.7 Å². The van der Waals surface area contributed by atoms with Crippen LogP contribution < -0.4 is 43.9 Å². The molecule has 11 N–H and O–H groups in total. The summed E-state index contributed by atoms with van der Waals surface area (Å²) in [6.07, 6.45) is 0. The number of hydrogen-bond donors (Lipinski definition) is 6. The fourth-order valence-corrected chi connectivity index (χ4v) is 7.05. The molecule has 0 radical (unpaired) electrons. The number of carboxylic acid groups (broad SMARTS) is 1. The van der Waals surface area contributed by atoms with E-state index in [4.69, 9.17) is 33.6 Å². The van der Waals surface area contributed by atoms with Crippen molar-refractivity contribution in [3.8, 4) is 0 Å². The molecule has 0 saturated carbocycles. The number of nitrogens with zero attached hydrogens (tertiary/aromatic N) is 5. The van der Waals surface area contributed by atoms with Crippen LogP contribution in [0.1, 0.15) is 12.6 Å². The third-order valence-electron chi connectivity index (χ3n) is 5.84. The summed E-state index contributed by atoms with van der Waals surface area (Å²) in [5, 5.41) is 20.1. The number of amides is 2. The van der Waals surface area contributed by atoms with E-state index in [1.807, 2.05) is 0 Å². The molecule has 4 heterocycles. The van der Waals surface area contributed by atoms with E-state index in [9.17, 15) is 19.5 Å². The van der Waals surface area contributed by atoms with Crippen molar-refractivity contribution >= 4 is 80.8 Å². The number of β-lactam (4-membered cyclic amide) rings is 1. The first-order valence-electron chi connectivity index (χ1n) is 11.0. The highest BCUT2D eigenvalue weighted by Gasteiger charge is 2.56. The average Bonchev–Trinajstić information content (AvgIpc) is 3.32. The number of aliphatic carboxylic acids is 1. The van der Waals surface area contributed by atoms with Gasteiger partial charge < -0.3 is 47.9 Å². The van der Waals surface area contributed by atoms with Crippen LogP contribution in [0.25, 0.3) is 0 Å². The van der Waals surface area contributed by atoms with Gasteiger partial charge in [-0.2, -0.15) is 0 Å². The number of fused-ring (bicyclic) bond motifs is 1. The molecule has 16 nitrogen and oxygen atoms in total. The predicted octanol–water partition coefficient (Wildman–Crippen LogP) is -3.46. The summed E-state index contributed by atoms with van der Waals surface area (Å²) in [5.41, 5.74) is 21.6. The van der Waals surface area contributed by atoms with E-state index in [1.165, 1.54) is 16.7 Å². The van der Waals surface area contributed by atoms with Crippen LogP contribution in [0.3, 0.4) is 0 Å². The molecule has 4 rings (SSSR count). The van der Waals surface area contributed by atoms with E-state index in [2.05, 4.69) is 20.4 Å². The van der Waals surface area contributed by atoms with E-state index in [0.717, 1.165) is 27.8 Å². The number of aromatic nitrogens is 3. The Hall–Kier alpha value is -3.71. The second-order valence-electron chi connectivity index (χ2n) is 8.35. The Kier molecular flexibility index (Phi) is 7.61. The highest BCUT2D eigenvalue weighted by atomic mass is 32.2. The quantitative estimate of drug-likeness (QED) is 0.0318. The topological polar surface area (TPSA) is 271 Å². The van der Waals surface area contributed by atoms with E-state index >= 15 is 0 Å². The Balaban J connectivity index is 1.45. The third kappa shape index (κ3) is 4.90. The summed E-state index contributed by atoms with van der Waals surface area (Å²) in [4.78, 5) is 52.7. The fourth-order valence-electron chi connectivity index (χ4n) is 3.72. The van der Waals surface area contributed by atoms with Crippen LogP contribution in [0.15, 0.2) is 15.7 Å². The van der Waals surface area contributed by atoms with Crippen LogP contribution in [0.5, 0.6) is 0 Å². The molecule has 2 saturated heterocycles. The zero-order valence-electron chi connectivity index (χ0n) is 19.9. The van der Waals surface area contributed by atoms with E-state index in [0.29, 0.717) is 0 Å². The lowest BCUT2D eigenvalue weighted by atomic mass is 9.89. The molecule has 2 amide bonds. The van der Waals surface area contributed by atoms with E-state index < -0.39 is 34.6 Å². The summed E-state index contributed by atoms with van der Waals surface area (Å²) in [6.45, 7) is 1.77. The molecule has 3 atom stereocenters. The number of carboxylic acids is 1. The molecular formula is C19H25N11O5S3. The van der Waals surface area contributed by atoms with Crippen LogP contribution >= 0.6 is 34.9 Å². The molecular weight excluding hydrogens is 558 g/mol. The summed E-state index contributed by atoms with van der Waals surface area (Å²) in [5.74, 6) is 3.42. The van der Waals surface area contributed by atoms with Crippen molar-refractivity contribution in [1.29, 1.82) is 0 Å². The molecule has 2 aromatic rings. The molecule has 204 valence electrons. The van der Waals surface area contributed by atoms with Gasteiger partial charge in [0.15, 0.2) is 16.5 Å². The van der Waals surface area contributed by atoms with Crippen LogP contribution in [-0.2, 0) is 19.2 Å². The van der Waals surface area contributed by atoms with Gasteiger partial charge in [0.25, 0.3) is 11.7 Å². The molecule has 0 spiro atoms. The summed E-state index contributed by atoms with van der Waals surface area (Å²) < 4.78 is 1.01. The molecule has 0 bridgehead atoms. The van der Waals surface area contributed by atoms with Gasteiger partial charge >= 0.3 is 5.16 Å². The van der Waals surface area contributed by atoms with Crippen molar-refractivity contribution in [3.63, 3.8) is 0 Å². The second kappa shape index (κ2) is 10.6. The number of thioether (sulfide) groups is 2. The first-order valence-corrected chi connectivity index (χ1v) is 13.9. The Labute approximate surface area is 228 Å². The van der Waals surface area contributed by atoms with Gasteiger partial charge in [-0.3, -0.25) is 15.4 Å². The fraction of sp³-hybridized carbons (Fsp3) is 0.421. The Morgan fingerprint density at radius 3 is 2.74 bits per heavy atom. The third-order valence-corrected chi connectivity index (χ3v) is 9.34. The number of rotatable bonds is 9. The number of anilines is 4. The van der Waals surface area contributed by atoms with Gasteiger partial charge in [-0.25, -0.2) is 4.98 Å².